The summed E-state index contributed by atoms with van der Waals surface area (Å²) >= 11 is 0. The number of hydrogen-bond donors (Lipinski definition) is 2. The Morgan fingerprint density at radius 3 is 2.61 bits per heavy atom. The van der Waals surface area contributed by atoms with Gasteiger partial charge in [-0.2, -0.15) is 0 Å². The molecule has 1 aromatic carbocycles. The fourth-order valence-corrected chi connectivity index (χ4v) is 3.00. The first-order valence-electron chi connectivity index (χ1n) is 9.12. The van der Waals surface area contributed by atoms with E-state index < -0.39 is 23.3 Å². The zero-order valence-electron chi connectivity index (χ0n) is 16.7. The molecular weight excluding hydrogens is 358 g/mol. The molecule has 2 atom stereocenters. The molecule has 1 aliphatic heterocycles. The average Bonchev–Trinajstić information content (AvgIpc) is 2.61. The Morgan fingerprint density at radius 1 is 1.21 bits per heavy atom. The van der Waals surface area contributed by atoms with Crippen LogP contribution in [0.2, 0.25) is 0 Å². The number of hydrogen-bond acceptors (Lipinski definition) is 5. The van der Waals surface area contributed by atoms with E-state index >= 15 is 0 Å². The second-order valence-corrected chi connectivity index (χ2v) is 7.95. The highest BCUT2D eigenvalue weighted by atomic mass is 16.6. The lowest BCUT2D eigenvalue weighted by Gasteiger charge is -2.34. The maximum absolute atomic E-state index is 12.6. The first-order valence-corrected chi connectivity index (χ1v) is 9.12. The van der Waals surface area contributed by atoms with Gasteiger partial charge in [0.15, 0.2) is 6.10 Å². The molecule has 2 unspecified atom stereocenters. The van der Waals surface area contributed by atoms with Crippen LogP contribution in [0.1, 0.15) is 45.7 Å². The Morgan fingerprint density at radius 2 is 1.96 bits per heavy atom. The van der Waals surface area contributed by atoms with Crippen molar-refractivity contribution < 1.29 is 19.1 Å². The molecule has 7 nitrogen and oxygen atoms in total. The fraction of sp³-hybridized carbons (Fsp3) is 0.381. The third-order valence-corrected chi connectivity index (χ3v) is 4.48. The average molecular weight is 383 g/mol. The van der Waals surface area contributed by atoms with Gasteiger partial charge >= 0.3 is 6.09 Å². The SMILES string of the molecule is CC1Oc2ccc(C(C)(NC(=O)OC(C)(C)C)c3cccnc3)cc2NC1=O. The summed E-state index contributed by atoms with van der Waals surface area (Å²) in [5.74, 6) is 0.370. The summed E-state index contributed by atoms with van der Waals surface area (Å²) in [7, 11) is 0. The van der Waals surface area contributed by atoms with E-state index in [9.17, 15) is 9.59 Å². The molecule has 0 aliphatic carbocycles. The summed E-state index contributed by atoms with van der Waals surface area (Å²) in [5.41, 5.74) is 0.523. The number of ether oxygens (including phenoxy) is 2. The highest BCUT2D eigenvalue weighted by Gasteiger charge is 2.34. The summed E-state index contributed by atoms with van der Waals surface area (Å²) < 4.78 is 11.1. The van der Waals surface area contributed by atoms with Crippen LogP contribution in [-0.4, -0.2) is 28.7 Å². The molecule has 1 aliphatic rings. The number of alkyl carbamates (subject to hydrolysis) is 1. The highest BCUT2D eigenvalue weighted by molar-refractivity contribution is 5.97. The zero-order chi connectivity index (χ0) is 20.5. The third-order valence-electron chi connectivity index (χ3n) is 4.48. The lowest BCUT2D eigenvalue weighted by molar-refractivity contribution is -0.122. The van der Waals surface area contributed by atoms with Gasteiger partial charge in [0.2, 0.25) is 0 Å². The molecule has 7 heteroatoms. The summed E-state index contributed by atoms with van der Waals surface area (Å²) in [6, 6.07) is 9.11. The van der Waals surface area contributed by atoms with Crippen LogP contribution in [-0.2, 0) is 15.1 Å². The van der Waals surface area contributed by atoms with Gasteiger partial charge in [-0.05, 0) is 58.4 Å². The molecule has 0 fully saturated rings. The smallest absolute Gasteiger partial charge is 0.408 e. The molecule has 2 N–H and O–H groups in total. The summed E-state index contributed by atoms with van der Waals surface area (Å²) in [6.07, 6.45) is 2.25. The normalized spacial score (nSPS) is 18.2. The monoisotopic (exact) mass is 383 g/mol. The van der Waals surface area contributed by atoms with Gasteiger partial charge in [0.25, 0.3) is 5.91 Å². The van der Waals surface area contributed by atoms with Gasteiger partial charge in [0.1, 0.15) is 11.4 Å². The van der Waals surface area contributed by atoms with Crippen molar-refractivity contribution in [2.45, 2.75) is 51.9 Å². The Labute approximate surface area is 164 Å². The van der Waals surface area contributed by atoms with Gasteiger partial charge in [0, 0.05) is 18.0 Å². The highest BCUT2D eigenvalue weighted by Crippen LogP contribution is 2.36. The molecule has 0 saturated heterocycles. The summed E-state index contributed by atoms with van der Waals surface area (Å²) in [6.45, 7) is 8.97. The number of pyridine rings is 1. The Hall–Kier alpha value is -3.09. The molecule has 2 aromatic rings. The van der Waals surface area contributed by atoms with Crippen molar-refractivity contribution in [1.29, 1.82) is 0 Å². The summed E-state index contributed by atoms with van der Waals surface area (Å²) in [5, 5.41) is 5.80. The minimum absolute atomic E-state index is 0.215. The number of nitrogens with zero attached hydrogens (tertiary/aromatic N) is 1. The van der Waals surface area contributed by atoms with Gasteiger partial charge in [-0.25, -0.2) is 4.79 Å². The van der Waals surface area contributed by atoms with E-state index in [0.29, 0.717) is 11.4 Å². The van der Waals surface area contributed by atoms with Crippen LogP contribution in [0, 0.1) is 0 Å². The molecule has 2 amide bonds. The molecule has 0 radical (unpaired) electrons. The van der Waals surface area contributed by atoms with Crippen LogP contribution in [0.4, 0.5) is 10.5 Å². The number of carbonyl (C=O) groups is 2. The molecule has 0 spiro atoms. The summed E-state index contributed by atoms with van der Waals surface area (Å²) in [4.78, 5) is 28.7. The van der Waals surface area contributed by atoms with E-state index in [1.165, 1.54) is 0 Å². The topological polar surface area (TPSA) is 89.6 Å². The molecule has 0 saturated carbocycles. The minimum Gasteiger partial charge on any atom is -0.479 e. The minimum atomic E-state index is -0.931. The number of fused-ring (bicyclic) bond motifs is 1. The van der Waals surface area contributed by atoms with Crippen molar-refractivity contribution >= 4 is 17.7 Å². The Balaban J connectivity index is 2.02. The molecule has 28 heavy (non-hydrogen) atoms. The number of rotatable bonds is 3. The number of anilines is 1. The maximum atomic E-state index is 12.6. The predicted molar refractivity (Wildman–Crippen MR) is 105 cm³/mol. The van der Waals surface area contributed by atoms with Gasteiger partial charge in [-0.1, -0.05) is 12.1 Å². The van der Waals surface area contributed by atoms with Crippen LogP contribution >= 0.6 is 0 Å². The van der Waals surface area contributed by atoms with E-state index in [1.807, 2.05) is 19.1 Å². The van der Waals surface area contributed by atoms with E-state index in [1.54, 1.807) is 58.3 Å². The van der Waals surface area contributed by atoms with Crippen molar-refractivity contribution in [2.75, 3.05) is 5.32 Å². The predicted octanol–water partition coefficient (Wildman–Crippen LogP) is 3.59. The molecule has 148 valence electrons. The fourth-order valence-electron chi connectivity index (χ4n) is 3.00. The van der Waals surface area contributed by atoms with E-state index in [0.717, 1.165) is 11.1 Å². The molecule has 3 rings (SSSR count). The quantitative estimate of drug-likeness (QED) is 0.845. The van der Waals surface area contributed by atoms with Crippen molar-refractivity contribution in [3.63, 3.8) is 0 Å². The number of carbonyl (C=O) groups excluding carboxylic acids is 2. The van der Waals surface area contributed by atoms with Crippen LogP contribution in [0.15, 0.2) is 42.7 Å². The number of benzene rings is 1. The Bertz CT molecular complexity index is 892. The Kier molecular flexibility index (Phi) is 5.02. The zero-order valence-corrected chi connectivity index (χ0v) is 16.7. The molecule has 0 bridgehead atoms. The second-order valence-electron chi connectivity index (χ2n) is 7.95. The molecular formula is C21H25N3O4. The van der Waals surface area contributed by atoms with E-state index in [2.05, 4.69) is 15.6 Å². The first-order chi connectivity index (χ1) is 13.1. The third kappa shape index (κ3) is 4.08. The van der Waals surface area contributed by atoms with Crippen LogP contribution in [0.25, 0.3) is 0 Å². The first kappa shape index (κ1) is 19.7. The standard InChI is InChI=1S/C21H25N3O4/c1-13-18(25)23-16-11-14(8-9-17(16)27-13)21(5,15-7-6-10-22-12-15)24-19(26)28-20(2,3)4/h6-13H,1-5H3,(H,23,25)(H,24,26). The van der Waals surface area contributed by atoms with Crippen molar-refractivity contribution in [1.82, 2.24) is 10.3 Å². The van der Waals surface area contributed by atoms with E-state index in [-0.39, 0.29) is 5.91 Å². The number of aromatic nitrogens is 1. The number of nitrogens with one attached hydrogen (secondary N) is 2. The van der Waals surface area contributed by atoms with Crippen molar-refractivity contribution in [3.05, 3.63) is 53.9 Å². The van der Waals surface area contributed by atoms with Crippen LogP contribution in [0.3, 0.4) is 0 Å². The van der Waals surface area contributed by atoms with Gasteiger partial charge < -0.3 is 20.1 Å². The lowest BCUT2D eigenvalue weighted by atomic mass is 9.85. The molecule has 1 aromatic heterocycles. The van der Waals surface area contributed by atoms with Crippen LogP contribution in [0.5, 0.6) is 5.75 Å². The van der Waals surface area contributed by atoms with Gasteiger partial charge in [-0.3, -0.25) is 9.78 Å². The van der Waals surface area contributed by atoms with E-state index in [4.69, 9.17) is 9.47 Å². The maximum Gasteiger partial charge on any atom is 0.408 e. The largest absolute Gasteiger partial charge is 0.479 e. The lowest BCUT2D eigenvalue weighted by Crippen LogP contribution is -2.46. The number of amides is 2. The van der Waals surface area contributed by atoms with Crippen molar-refractivity contribution in [3.8, 4) is 5.75 Å². The molecule has 2 heterocycles. The van der Waals surface area contributed by atoms with Crippen molar-refractivity contribution in [2.24, 2.45) is 0 Å². The van der Waals surface area contributed by atoms with Gasteiger partial charge in [0.05, 0.1) is 11.2 Å². The second kappa shape index (κ2) is 7.14. The van der Waals surface area contributed by atoms with Crippen LogP contribution < -0.4 is 15.4 Å². The van der Waals surface area contributed by atoms with Gasteiger partial charge in [-0.15, -0.1) is 0 Å².